The average Bonchev–Trinajstić information content (AvgIpc) is 0.978. The Kier molecular flexibility index (Phi) is 16.6. The molecule has 2 saturated heterocycles. The topological polar surface area (TPSA) is 333 Å². The zero-order valence-corrected chi connectivity index (χ0v) is 46.5. The molecule has 2 aliphatic heterocycles. The SMILES string of the molecule is CC(=O)O[C@H]1C(=O)C2(C)[C@@H](OC(=O)NCn3c(=O)c(C)cn([C@H]4CC(O)[C@@H](CO)O4)c3=O)CC3OC[C@@]3(OC(C)=O)[C@H]2[C@H](OC(=O)c2ccccc2)[C@]2(O)C[C@H](OC(=O)[C@H](O)[C@@H](NC(=O)c3ccccc3)c3ccccc3)C(C)=C1C2(C)C. The largest absolute Gasteiger partial charge is 0.456 e. The van der Waals surface area contributed by atoms with E-state index in [1.54, 1.807) is 66.7 Å². The first-order valence-electron chi connectivity index (χ1n) is 27.0. The number of fused-ring (bicyclic) bond motifs is 5. The summed E-state index contributed by atoms with van der Waals surface area (Å²) in [5.41, 5.74) is -10.3. The molecule has 442 valence electrons. The van der Waals surface area contributed by atoms with Gasteiger partial charge in [-0.3, -0.25) is 28.5 Å². The smallest absolute Gasteiger partial charge is 0.408 e. The van der Waals surface area contributed by atoms with Gasteiger partial charge in [-0.1, -0.05) is 80.6 Å². The van der Waals surface area contributed by atoms with Crippen molar-refractivity contribution in [1.29, 1.82) is 0 Å². The molecule has 4 fully saturated rings. The van der Waals surface area contributed by atoms with Crippen molar-refractivity contribution in [2.45, 2.75) is 147 Å². The fraction of sp³-hybridized carbons (Fsp3) is 0.475. The molecular weight excluding hydrogens is 1080 g/mol. The fourth-order valence-corrected chi connectivity index (χ4v) is 12.8. The number of rotatable bonds is 15. The van der Waals surface area contributed by atoms with Gasteiger partial charge in [0.25, 0.3) is 11.5 Å². The molecule has 83 heavy (non-hydrogen) atoms. The van der Waals surface area contributed by atoms with Crippen LogP contribution in [0.15, 0.2) is 118 Å². The predicted octanol–water partition coefficient (Wildman–Crippen LogP) is 2.40. The second kappa shape index (κ2) is 23.1. The minimum absolute atomic E-state index is 0.0255. The second-order valence-corrected chi connectivity index (χ2v) is 22.4. The number of amides is 2. The van der Waals surface area contributed by atoms with Gasteiger partial charge in [0.1, 0.15) is 49.0 Å². The number of Topliss-reactive ketones (excluding diaryl/α,β-unsaturated/α-hetero) is 1. The molecular formula is C59H66N4O20. The van der Waals surface area contributed by atoms with Crippen molar-refractivity contribution in [3.8, 4) is 0 Å². The molecule has 2 saturated carbocycles. The number of aliphatic hydroxyl groups excluding tert-OH is 3. The molecule has 6 N–H and O–H groups in total. The van der Waals surface area contributed by atoms with Crippen molar-refractivity contribution in [2.24, 2.45) is 16.7 Å². The monoisotopic (exact) mass is 1150 g/mol. The van der Waals surface area contributed by atoms with E-state index in [0.29, 0.717) is 10.1 Å². The maximum atomic E-state index is 16.4. The van der Waals surface area contributed by atoms with E-state index in [4.69, 9.17) is 33.2 Å². The minimum atomic E-state index is -2.60. The molecule has 9 rings (SSSR count). The molecule has 24 nitrogen and oxygen atoms in total. The summed E-state index contributed by atoms with van der Waals surface area (Å²) < 4.78 is 44.6. The van der Waals surface area contributed by atoms with Crippen molar-refractivity contribution in [3.05, 3.63) is 151 Å². The van der Waals surface area contributed by atoms with Crippen molar-refractivity contribution in [3.63, 3.8) is 0 Å². The van der Waals surface area contributed by atoms with Crippen LogP contribution >= 0.6 is 0 Å². The number of nitrogens with one attached hydrogen (secondary N) is 2. The molecule has 1 aromatic heterocycles. The Bertz CT molecular complexity index is 3350. The summed E-state index contributed by atoms with van der Waals surface area (Å²) in [6.07, 6.45) is -15.5. The van der Waals surface area contributed by atoms with Crippen molar-refractivity contribution in [2.75, 3.05) is 13.2 Å². The number of aliphatic hydroxyl groups is 4. The number of aryl methyl sites for hydroxylation is 1. The fourth-order valence-electron chi connectivity index (χ4n) is 12.8. The van der Waals surface area contributed by atoms with Crippen LogP contribution in [-0.2, 0) is 59.0 Å². The molecule has 5 aliphatic rings. The van der Waals surface area contributed by atoms with E-state index in [9.17, 15) is 58.8 Å². The van der Waals surface area contributed by atoms with E-state index >= 15 is 4.79 Å². The number of ether oxygens (including phenoxy) is 7. The molecule has 24 heteroatoms. The molecule has 3 aliphatic carbocycles. The number of carbonyl (C=O) groups is 7. The molecule has 3 aromatic carbocycles. The van der Waals surface area contributed by atoms with Gasteiger partial charge in [-0.15, -0.1) is 0 Å². The first-order valence-corrected chi connectivity index (χ1v) is 27.0. The first-order chi connectivity index (χ1) is 39.3. The summed E-state index contributed by atoms with van der Waals surface area (Å²) in [6, 6.07) is 22.2. The summed E-state index contributed by atoms with van der Waals surface area (Å²) >= 11 is 0. The lowest BCUT2D eigenvalue weighted by Crippen LogP contribution is -2.82. The number of aromatic nitrogens is 2. The number of benzene rings is 3. The third kappa shape index (κ3) is 10.7. The minimum Gasteiger partial charge on any atom is -0.456 e. The maximum Gasteiger partial charge on any atom is 0.408 e. The van der Waals surface area contributed by atoms with Crippen LogP contribution in [0.3, 0.4) is 0 Å². The Morgan fingerprint density at radius 3 is 2.02 bits per heavy atom. The van der Waals surface area contributed by atoms with Gasteiger partial charge in [0.15, 0.2) is 23.6 Å². The van der Waals surface area contributed by atoms with Gasteiger partial charge in [-0.2, -0.15) is 0 Å². The summed E-state index contributed by atoms with van der Waals surface area (Å²) in [5.74, 6) is -7.80. The van der Waals surface area contributed by atoms with Gasteiger partial charge in [-0.25, -0.2) is 23.7 Å². The van der Waals surface area contributed by atoms with Crippen molar-refractivity contribution in [1.82, 2.24) is 19.8 Å². The van der Waals surface area contributed by atoms with Crippen LogP contribution in [0.25, 0.3) is 0 Å². The van der Waals surface area contributed by atoms with Gasteiger partial charge in [0.05, 0.1) is 42.3 Å². The van der Waals surface area contributed by atoms with Crippen LogP contribution in [-0.4, -0.2) is 144 Å². The zero-order valence-electron chi connectivity index (χ0n) is 46.5. The number of carbonyl (C=O) groups excluding carboxylic acids is 7. The third-order valence-corrected chi connectivity index (χ3v) is 17.1. The Morgan fingerprint density at radius 2 is 1.45 bits per heavy atom. The van der Waals surface area contributed by atoms with Gasteiger partial charge in [-0.05, 0) is 61.7 Å². The lowest BCUT2D eigenvalue weighted by molar-refractivity contribution is -0.345. The van der Waals surface area contributed by atoms with Crippen molar-refractivity contribution >= 4 is 41.7 Å². The number of alkyl carbamates (subject to hydrolysis) is 1. The van der Waals surface area contributed by atoms with E-state index < -0.39 is 175 Å². The summed E-state index contributed by atoms with van der Waals surface area (Å²) in [4.78, 5) is 128. The Labute approximate surface area is 475 Å². The van der Waals surface area contributed by atoms with Gasteiger partial charge in [0.2, 0.25) is 0 Å². The molecule has 0 radical (unpaired) electrons. The standard InChI is InChI=1S/C59H66N4O20/c1-30-26-62(42-23-37(67)39(27-64)79-42)55(75)63(51(30)71)29-60-54(74)81-40-24-41-58(28-77-41,83-33(4)66)47-49(82-52(72)36-21-15-10-16-22-36)59(76)25-38(31(2)43(56(59,5)6)46(78-32(3)65)48(69)57(40,47)7)80-53(73)45(68)44(34-17-11-8-12-18-34)61-50(70)35-19-13-9-14-20-35/h8-22,26,37-42,44-47,49,64,67-68,76H,23-25,27-29H2,1-7H3,(H,60,74)(H,61,70)/t37?,38-,39+,40-,41?,42+,44-,45+,46+,47-,49-,57?,58-,59+/m0/s1. The summed E-state index contributed by atoms with van der Waals surface area (Å²) in [5, 5.41) is 51.4. The van der Waals surface area contributed by atoms with Crippen LogP contribution < -0.4 is 21.9 Å². The quantitative estimate of drug-likeness (QED) is 0.0565. The summed E-state index contributed by atoms with van der Waals surface area (Å²) in [7, 11) is 0. The van der Waals surface area contributed by atoms with Gasteiger partial charge >= 0.3 is 35.7 Å². The number of hydrogen-bond donors (Lipinski definition) is 6. The van der Waals surface area contributed by atoms with Crippen LogP contribution in [0.1, 0.15) is 105 Å². The van der Waals surface area contributed by atoms with Gasteiger partial charge in [0, 0.05) is 55.8 Å². The second-order valence-electron chi connectivity index (χ2n) is 22.4. The number of hydrogen-bond acceptors (Lipinski definition) is 20. The Morgan fingerprint density at radius 1 is 0.819 bits per heavy atom. The van der Waals surface area contributed by atoms with E-state index in [2.05, 4.69) is 10.6 Å². The first kappa shape index (κ1) is 59.7. The predicted molar refractivity (Wildman–Crippen MR) is 286 cm³/mol. The highest BCUT2D eigenvalue weighted by molar-refractivity contribution is 5.96. The highest BCUT2D eigenvalue weighted by Gasteiger charge is 2.79. The lowest BCUT2D eigenvalue weighted by Gasteiger charge is -2.67. The molecule has 4 aromatic rings. The molecule has 2 amide bonds. The van der Waals surface area contributed by atoms with E-state index in [1.807, 2.05) is 0 Å². The highest BCUT2D eigenvalue weighted by Crippen LogP contribution is 2.65. The molecule has 3 heterocycles. The van der Waals surface area contributed by atoms with Gasteiger partial charge < -0.3 is 64.2 Å². The molecule has 0 spiro atoms. The molecule has 14 atom stereocenters. The Balaban J connectivity index is 1.16. The van der Waals surface area contributed by atoms with Crippen molar-refractivity contribution < 1.29 is 87.1 Å². The van der Waals surface area contributed by atoms with E-state index in [1.165, 1.54) is 65.1 Å². The molecule has 2 bridgehead atoms. The number of ketones is 1. The van der Waals surface area contributed by atoms with E-state index in [-0.39, 0.29) is 34.3 Å². The van der Waals surface area contributed by atoms with Crippen LogP contribution in [0.2, 0.25) is 0 Å². The maximum absolute atomic E-state index is 16.4. The van der Waals surface area contributed by atoms with Crippen LogP contribution in [0, 0.1) is 23.7 Å². The third-order valence-electron chi connectivity index (χ3n) is 17.1. The van der Waals surface area contributed by atoms with Crippen LogP contribution in [0.4, 0.5) is 4.79 Å². The summed E-state index contributed by atoms with van der Waals surface area (Å²) in [6.45, 7) is 7.36. The highest BCUT2D eigenvalue weighted by atomic mass is 16.6. The van der Waals surface area contributed by atoms with E-state index in [0.717, 1.165) is 18.4 Å². The molecule has 3 unspecified atom stereocenters. The Hall–Kier alpha value is -7.87. The normalized spacial score (nSPS) is 30.3. The zero-order chi connectivity index (χ0) is 60.1. The number of nitrogens with zero attached hydrogens (tertiary/aromatic N) is 2. The van der Waals surface area contributed by atoms with Crippen LogP contribution in [0.5, 0.6) is 0 Å². The number of esters is 4. The average molecular weight is 1150 g/mol. The lowest BCUT2D eigenvalue weighted by atomic mass is 9.44.